The molecule has 130 valence electrons. The number of carbonyl (C=O) groups excluding carboxylic acids is 2. The number of hydrogen-bond acceptors (Lipinski definition) is 3. The Morgan fingerprint density at radius 1 is 1.04 bits per heavy atom. The molecule has 25 heavy (non-hydrogen) atoms. The monoisotopic (exact) mass is 359 g/mol. The molecule has 2 aromatic rings. The van der Waals surface area contributed by atoms with E-state index < -0.39 is 0 Å². The maximum absolute atomic E-state index is 11.9. The smallest absolute Gasteiger partial charge is 0.319 e. The number of hydrogen-bond donors (Lipinski definition) is 3. The van der Waals surface area contributed by atoms with Gasteiger partial charge in [-0.25, -0.2) is 4.79 Å². The molecule has 2 aromatic carbocycles. The van der Waals surface area contributed by atoms with Crippen LogP contribution in [0.15, 0.2) is 61.2 Å². The van der Waals surface area contributed by atoms with Crippen LogP contribution in [0.3, 0.4) is 0 Å². The average Bonchev–Trinajstić information content (AvgIpc) is 2.61. The molecule has 0 aliphatic rings. The minimum absolute atomic E-state index is 0.159. The number of ether oxygens (including phenoxy) is 1. The molecule has 3 N–H and O–H groups in total. The summed E-state index contributed by atoms with van der Waals surface area (Å²) in [5, 5.41) is 8.40. The Labute approximate surface area is 150 Å². The zero-order valence-corrected chi connectivity index (χ0v) is 14.2. The number of rotatable bonds is 7. The van der Waals surface area contributed by atoms with Gasteiger partial charge in [0, 0.05) is 17.9 Å². The molecule has 0 fully saturated rings. The van der Waals surface area contributed by atoms with Crippen molar-refractivity contribution in [2.75, 3.05) is 23.8 Å². The molecule has 7 heteroatoms. The quantitative estimate of drug-likeness (QED) is 0.660. The lowest BCUT2D eigenvalue weighted by Crippen LogP contribution is -2.28. The maximum Gasteiger partial charge on any atom is 0.319 e. The molecule has 0 heterocycles. The first-order valence-corrected chi connectivity index (χ1v) is 7.89. The number of carbonyl (C=O) groups is 2. The summed E-state index contributed by atoms with van der Waals surface area (Å²) in [5.74, 6) is 0.133. The highest BCUT2D eigenvalue weighted by molar-refractivity contribution is 6.32. The van der Waals surface area contributed by atoms with Crippen molar-refractivity contribution < 1.29 is 14.3 Å². The van der Waals surface area contributed by atoms with Gasteiger partial charge in [0.25, 0.3) is 5.91 Å². The molecular formula is C18H18ClN3O3. The lowest BCUT2D eigenvalue weighted by molar-refractivity contribution is -0.118. The summed E-state index contributed by atoms with van der Waals surface area (Å²) in [6, 6.07) is 13.3. The molecule has 0 aromatic heterocycles. The van der Waals surface area contributed by atoms with Gasteiger partial charge in [-0.15, -0.1) is 6.58 Å². The molecule has 0 saturated heterocycles. The number of para-hydroxylation sites is 1. The average molecular weight is 360 g/mol. The van der Waals surface area contributed by atoms with E-state index in [1.807, 2.05) is 0 Å². The molecule has 0 atom stereocenters. The molecule has 0 radical (unpaired) electrons. The van der Waals surface area contributed by atoms with E-state index in [9.17, 15) is 9.59 Å². The Kier molecular flexibility index (Phi) is 6.86. The third kappa shape index (κ3) is 6.19. The van der Waals surface area contributed by atoms with Crippen LogP contribution in [-0.2, 0) is 4.79 Å². The third-order valence-corrected chi connectivity index (χ3v) is 3.34. The molecule has 3 amide bonds. The summed E-state index contributed by atoms with van der Waals surface area (Å²) in [7, 11) is 0. The lowest BCUT2D eigenvalue weighted by atomic mass is 10.3. The highest BCUT2D eigenvalue weighted by Gasteiger charge is 2.06. The predicted octanol–water partition coefficient (Wildman–Crippen LogP) is 3.67. The Morgan fingerprint density at radius 2 is 1.68 bits per heavy atom. The van der Waals surface area contributed by atoms with Crippen molar-refractivity contribution >= 4 is 34.9 Å². The molecule has 0 saturated carbocycles. The summed E-state index contributed by atoms with van der Waals surface area (Å²) >= 11 is 5.96. The van der Waals surface area contributed by atoms with Crippen molar-refractivity contribution in [2.45, 2.75) is 0 Å². The van der Waals surface area contributed by atoms with E-state index in [1.165, 1.54) is 0 Å². The fraction of sp³-hybridized carbons (Fsp3) is 0.111. The fourth-order valence-electron chi connectivity index (χ4n) is 1.88. The maximum atomic E-state index is 11.9. The van der Waals surface area contributed by atoms with E-state index >= 15 is 0 Å². The number of urea groups is 1. The molecule has 0 spiro atoms. The zero-order valence-electron chi connectivity index (χ0n) is 13.4. The van der Waals surface area contributed by atoms with E-state index in [4.69, 9.17) is 16.3 Å². The number of nitrogens with one attached hydrogen (secondary N) is 3. The van der Waals surface area contributed by atoms with Gasteiger partial charge in [-0.3, -0.25) is 4.79 Å². The highest BCUT2D eigenvalue weighted by atomic mass is 35.5. The van der Waals surface area contributed by atoms with Gasteiger partial charge in [0.2, 0.25) is 0 Å². The van der Waals surface area contributed by atoms with E-state index in [0.717, 1.165) is 0 Å². The number of anilines is 2. The Bertz CT molecular complexity index is 747. The normalized spacial score (nSPS) is 9.80. The van der Waals surface area contributed by atoms with Crippen molar-refractivity contribution in [3.63, 3.8) is 0 Å². The van der Waals surface area contributed by atoms with E-state index in [-0.39, 0.29) is 18.5 Å². The summed E-state index contributed by atoms with van der Waals surface area (Å²) in [5.41, 5.74) is 1.19. The number of amides is 3. The molecular weight excluding hydrogens is 342 g/mol. The van der Waals surface area contributed by atoms with Crippen LogP contribution in [0.1, 0.15) is 0 Å². The van der Waals surface area contributed by atoms with Crippen LogP contribution in [0.4, 0.5) is 16.2 Å². The van der Waals surface area contributed by atoms with Gasteiger partial charge in [0.15, 0.2) is 6.61 Å². The minimum atomic E-state index is -0.329. The van der Waals surface area contributed by atoms with Gasteiger partial charge < -0.3 is 20.7 Å². The predicted molar refractivity (Wildman–Crippen MR) is 99.2 cm³/mol. The Morgan fingerprint density at radius 3 is 2.32 bits per heavy atom. The first kappa shape index (κ1) is 18.4. The fourth-order valence-corrected chi connectivity index (χ4v) is 2.07. The van der Waals surface area contributed by atoms with Crippen LogP contribution in [0, 0.1) is 0 Å². The molecule has 0 aliphatic heterocycles. The lowest BCUT2D eigenvalue weighted by Gasteiger charge is -2.10. The first-order valence-electron chi connectivity index (χ1n) is 7.51. The second-order valence-electron chi connectivity index (χ2n) is 4.97. The summed E-state index contributed by atoms with van der Waals surface area (Å²) in [6.07, 6.45) is 1.59. The van der Waals surface area contributed by atoms with Gasteiger partial charge in [-0.2, -0.15) is 0 Å². The third-order valence-electron chi connectivity index (χ3n) is 3.03. The zero-order chi connectivity index (χ0) is 18.1. The van der Waals surface area contributed by atoms with Crippen molar-refractivity contribution in [3.8, 4) is 5.75 Å². The van der Waals surface area contributed by atoms with Crippen LogP contribution in [-0.4, -0.2) is 25.1 Å². The van der Waals surface area contributed by atoms with Crippen LogP contribution in [0.5, 0.6) is 5.75 Å². The Balaban J connectivity index is 1.82. The van der Waals surface area contributed by atoms with Crippen LogP contribution >= 0.6 is 11.6 Å². The van der Waals surface area contributed by atoms with Gasteiger partial charge in [-0.05, 0) is 36.4 Å². The highest BCUT2D eigenvalue weighted by Crippen LogP contribution is 2.23. The molecule has 0 unspecified atom stereocenters. The summed E-state index contributed by atoms with van der Waals surface area (Å²) in [4.78, 5) is 23.4. The van der Waals surface area contributed by atoms with Gasteiger partial charge in [0.1, 0.15) is 5.75 Å². The van der Waals surface area contributed by atoms with Crippen molar-refractivity contribution in [3.05, 3.63) is 66.2 Å². The number of benzene rings is 2. The van der Waals surface area contributed by atoms with Gasteiger partial charge >= 0.3 is 6.03 Å². The SMILES string of the molecule is C=CCNC(=O)Nc1ccc(NC(=O)COc2ccccc2Cl)cc1. The van der Waals surface area contributed by atoms with Gasteiger partial charge in [-0.1, -0.05) is 29.8 Å². The van der Waals surface area contributed by atoms with Crippen LogP contribution < -0.4 is 20.7 Å². The molecule has 2 rings (SSSR count). The van der Waals surface area contributed by atoms with E-state index in [1.54, 1.807) is 54.6 Å². The van der Waals surface area contributed by atoms with Crippen LogP contribution in [0.25, 0.3) is 0 Å². The van der Waals surface area contributed by atoms with Crippen molar-refractivity contribution in [1.29, 1.82) is 0 Å². The standard InChI is InChI=1S/C18H18ClN3O3/c1-2-11-20-18(24)22-14-9-7-13(8-10-14)21-17(23)12-25-16-6-4-3-5-15(16)19/h2-10H,1,11-12H2,(H,21,23)(H2,20,22,24). The summed E-state index contributed by atoms with van der Waals surface area (Å²) in [6.45, 7) is 3.74. The van der Waals surface area contributed by atoms with Crippen LogP contribution in [0.2, 0.25) is 5.02 Å². The first-order chi connectivity index (χ1) is 12.1. The number of halogens is 1. The van der Waals surface area contributed by atoms with Crippen molar-refractivity contribution in [2.24, 2.45) is 0 Å². The Hall–Kier alpha value is -2.99. The summed E-state index contributed by atoms with van der Waals surface area (Å²) < 4.78 is 5.37. The second-order valence-corrected chi connectivity index (χ2v) is 5.38. The second kappa shape index (κ2) is 9.34. The molecule has 0 bridgehead atoms. The van der Waals surface area contributed by atoms with E-state index in [2.05, 4.69) is 22.5 Å². The van der Waals surface area contributed by atoms with Crippen molar-refractivity contribution in [1.82, 2.24) is 5.32 Å². The van der Waals surface area contributed by atoms with Gasteiger partial charge in [0.05, 0.1) is 5.02 Å². The minimum Gasteiger partial charge on any atom is -0.482 e. The topological polar surface area (TPSA) is 79.5 Å². The molecule has 6 nitrogen and oxygen atoms in total. The molecule has 0 aliphatic carbocycles. The van der Waals surface area contributed by atoms with E-state index in [0.29, 0.717) is 28.7 Å². The largest absolute Gasteiger partial charge is 0.482 e.